The fourth-order valence-corrected chi connectivity index (χ4v) is 2.96. The number of aromatic nitrogens is 3. The van der Waals surface area contributed by atoms with Gasteiger partial charge in [0, 0.05) is 11.5 Å². The zero-order valence-electron chi connectivity index (χ0n) is 13.0. The largest absolute Gasteiger partial charge is 0.496 e. The molecule has 7 nitrogen and oxygen atoms in total. The van der Waals surface area contributed by atoms with E-state index in [2.05, 4.69) is 9.97 Å². The average molecular weight is 323 g/mol. The van der Waals surface area contributed by atoms with Gasteiger partial charge in [0.2, 0.25) is 0 Å². The van der Waals surface area contributed by atoms with Crippen LogP contribution in [-0.2, 0) is 0 Å². The SMILES string of the molecule is COc1cc2c(cc1C)nc1c3ccc(C(=O)O)cc3[nH]c(=O)n21. The predicted molar refractivity (Wildman–Crippen MR) is 89.1 cm³/mol. The number of H-pyrrole nitrogens is 1. The molecular formula is C17H13N3O4. The maximum absolute atomic E-state index is 12.5. The molecule has 0 aliphatic rings. The molecule has 0 fully saturated rings. The van der Waals surface area contributed by atoms with Gasteiger partial charge < -0.3 is 14.8 Å². The van der Waals surface area contributed by atoms with E-state index in [0.717, 1.165) is 5.56 Å². The summed E-state index contributed by atoms with van der Waals surface area (Å²) in [5.74, 6) is -0.378. The number of nitrogens with one attached hydrogen (secondary N) is 1. The summed E-state index contributed by atoms with van der Waals surface area (Å²) in [6, 6.07) is 8.22. The molecule has 0 atom stereocenters. The minimum absolute atomic E-state index is 0.108. The molecule has 120 valence electrons. The Morgan fingerprint density at radius 1 is 1.29 bits per heavy atom. The van der Waals surface area contributed by atoms with Crippen LogP contribution in [0.5, 0.6) is 5.75 Å². The van der Waals surface area contributed by atoms with E-state index >= 15 is 0 Å². The first-order valence-electron chi connectivity index (χ1n) is 7.25. The van der Waals surface area contributed by atoms with Crippen LogP contribution < -0.4 is 10.4 Å². The van der Waals surface area contributed by atoms with Gasteiger partial charge in [0.25, 0.3) is 0 Å². The van der Waals surface area contributed by atoms with Crippen molar-refractivity contribution in [3.63, 3.8) is 0 Å². The smallest absolute Gasteiger partial charge is 0.335 e. The summed E-state index contributed by atoms with van der Waals surface area (Å²) in [6.07, 6.45) is 0. The zero-order valence-corrected chi connectivity index (χ0v) is 13.0. The predicted octanol–water partition coefficient (Wildman–Crippen LogP) is 2.34. The third-order valence-electron chi connectivity index (χ3n) is 4.12. The van der Waals surface area contributed by atoms with Gasteiger partial charge >= 0.3 is 11.7 Å². The molecule has 2 aromatic heterocycles. The van der Waals surface area contributed by atoms with Gasteiger partial charge in [-0.3, -0.25) is 0 Å². The molecule has 0 amide bonds. The van der Waals surface area contributed by atoms with Crippen LogP contribution in [0.25, 0.3) is 27.6 Å². The van der Waals surface area contributed by atoms with Crippen molar-refractivity contribution in [3.8, 4) is 5.75 Å². The fraction of sp³-hybridized carbons (Fsp3) is 0.118. The molecule has 0 unspecified atom stereocenters. The van der Waals surface area contributed by atoms with Crippen molar-refractivity contribution in [2.75, 3.05) is 7.11 Å². The highest BCUT2D eigenvalue weighted by Gasteiger charge is 2.15. The number of nitrogens with zero attached hydrogens (tertiary/aromatic N) is 2. The molecule has 0 bridgehead atoms. The number of ether oxygens (including phenoxy) is 1. The molecule has 24 heavy (non-hydrogen) atoms. The van der Waals surface area contributed by atoms with E-state index in [4.69, 9.17) is 9.84 Å². The number of methoxy groups -OCH3 is 1. The minimum atomic E-state index is -1.05. The number of carbonyl (C=O) groups is 1. The molecule has 0 spiro atoms. The number of aryl methyl sites for hydroxylation is 1. The first-order valence-corrected chi connectivity index (χ1v) is 7.25. The van der Waals surface area contributed by atoms with Crippen LogP contribution in [0.1, 0.15) is 15.9 Å². The summed E-state index contributed by atoms with van der Waals surface area (Å²) in [7, 11) is 1.57. The van der Waals surface area contributed by atoms with Gasteiger partial charge in [-0.15, -0.1) is 0 Å². The molecule has 0 aliphatic carbocycles. The molecule has 4 rings (SSSR count). The number of aromatic amines is 1. The van der Waals surface area contributed by atoms with Crippen LogP contribution >= 0.6 is 0 Å². The number of carboxylic acid groups (broad SMARTS) is 1. The highest BCUT2D eigenvalue weighted by Crippen LogP contribution is 2.27. The summed E-state index contributed by atoms with van der Waals surface area (Å²) < 4.78 is 6.79. The fourth-order valence-electron chi connectivity index (χ4n) is 2.96. The first kappa shape index (κ1) is 14.3. The Balaban J connectivity index is 2.18. The minimum Gasteiger partial charge on any atom is -0.496 e. The van der Waals surface area contributed by atoms with E-state index in [-0.39, 0.29) is 11.3 Å². The normalized spacial score (nSPS) is 11.4. The summed E-state index contributed by atoms with van der Waals surface area (Å²) in [5, 5.41) is 9.78. The van der Waals surface area contributed by atoms with E-state index in [9.17, 15) is 9.59 Å². The molecule has 0 aliphatic heterocycles. The van der Waals surface area contributed by atoms with Gasteiger partial charge in [-0.1, -0.05) is 0 Å². The Kier molecular flexibility index (Phi) is 2.86. The lowest BCUT2D eigenvalue weighted by Crippen LogP contribution is -2.16. The first-order chi connectivity index (χ1) is 11.5. The molecular weight excluding hydrogens is 310 g/mol. The Hall–Kier alpha value is -3.35. The lowest BCUT2D eigenvalue weighted by Gasteiger charge is -2.04. The maximum atomic E-state index is 12.5. The van der Waals surface area contributed by atoms with E-state index in [1.807, 2.05) is 13.0 Å². The number of hydrogen-bond acceptors (Lipinski definition) is 4. The Morgan fingerprint density at radius 3 is 2.79 bits per heavy atom. The highest BCUT2D eigenvalue weighted by molar-refractivity contribution is 6.00. The van der Waals surface area contributed by atoms with E-state index in [1.54, 1.807) is 19.2 Å². The number of benzene rings is 2. The Morgan fingerprint density at radius 2 is 2.08 bits per heavy atom. The van der Waals surface area contributed by atoms with E-state index < -0.39 is 5.97 Å². The van der Waals surface area contributed by atoms with Crippen LogP contribution in [-0.4, -0.2) is 32.6 Å². The van der Waals surface area contributed by atoms with Crippen molar-refractivity contribution >= 4 is 33.6 Å². The molecule has 0 saturated heterocycles. The molecule has 0 radical (unpaired) electrons. The number of carboxylic acids is 1. The number of hydrogen-bond donors (Lipinski definition) is 2. The van der Waals surface area contributed by atoms with Gasteiger partial charge in [-0.05, 0) is 36.8 Å². The van der Waals surface area contributed by atoms with Gasteiger partial charge in [-0.25, -0.2) is 19.0 Å². The summed E-state index contributed by atoms with van der Waals surface area (Å²) in [6.45, 7) is 1.91. The van der Waals surface area contributed by atoms with Crippen molar-refractivity contribution in [2.24, 2.45) is 0 Å². The third kappa shape index (κ3) is 1.88. The molecule has 2 aromatic carbocycles. The van der Waals surface area contributed by atoms with E-state index in [1.165, 1.54) is 16.5 Å². The number of rotatable bonds is 2. The third-order valence-corrected chi connectivity index (χ3v) is 4.12. The molecule has 2 N–H and O–H groups in total. The topological polar surface area (TPSA) is 96.7 Å². The van der Waals surface area contributed by atoms with Gasteiger partial charge in [0.05, 0.1) is 29.2 Å². The molecule has 7 heteroatoms. The average Bonchev–Trinajstić information content (AvgIpc) is 2.92. The van der Waals surface area contributed by atoms with Crippen molar-refractivity contribution in [3.05, 3.63) is 51.9 Å². The number of fused-ring (bicyclic) bond motifs is 5. The Labute approximate surface area is 135 Å². The number of imidazole rings is 1. The van der Waals surface area contributed by atoms with Gasteiger partial charge in [0.1, 0.15) is 5.75 Å². The second-order valence-electron chi connectivity index (χ2n) is 5.58. The van der Waals surface area contributed by atoms with Crippen LogP contribution in [0.4, 0.5) is 0 Å². The lowest BCUT2D eigenvalue weighted by atomic mass is 10.1. The van der Waals surface area contributed by atoms with Gasteiger partial charge in [-0.2, -0.15) is 0 Å². The molecule has 4 aromatic rings. The standard InChI is InChI=1S/C17H13N3O4/c1-8-5-12-13(7-14(8)24-2)20-15(18-12)10-4-3-9(16(21)22)6-11(10)19-17(20)23/h3-7H,1-2H3,(H,19,23)(H,21,22). The zero-order chi connectivity index (χ0) is 17.0. The van der Waals surface area contributed by atoms with E-state index in [0.29, 0.717) is 33.3 Å². The summed E-state index contributed by atoms with van der Waals surface area (Å²) >= 11 is 0. The van der Waals surface area contributed by atoms with Crippen molar-refractivity contribution in [1.82, 2.24) is 14.4 Å². The summed E-state index contributed by atoms with van der Waals surface area (Å²) in [4.78, 5) is 30.9. The highest BCUT2D eigenvalue weighted by atomic mass is 16.5. The van der Waals surface area contributed by atoms with Crippen LogP contribution in [0.15, 0.2) is 35.1 Å². The maximum Gasteiger partial charge on any atom is 0.335 e. The second-order valence-corrected chi connectivity index (χ2v) is 5.58. The molecule has 0 saturated carbocycles. The number of aromatic carboxylic acids is 1. The van der Waals surface area contributed by atoms with Gasteiger partial charge in [0.15, 0.2) is 5.65 Å². The molecule has 2 heterocycles. The van der Waals surface area contributed by atoms with Crippen LogP contribution in [0.3, 0.4) is 0 Å². The summed E-state index contributed by atoms with van der Waals surface area (Å²) in [5.41, 5.74) is 2.87. The van der Waals surface area contributed by atoms with Crippen molar-refractivity contribution < 1.29 is 14.6 Å². The quantitative estimate of drug-likeness (QED) is 0.590. The lowest BCUT2D eigenvalue weighted by molar-refractivity contribution is 0.0697. The van der Waals surface area contributed by atoms with Crippen molar-refractivity contribution in [2.45, 2.75) is 6.92 Å². The monoisotopic (exact) mass is 323 g/mol. The second kappa shape index (κ2) is 4.82. The Bertz CT molecular complexity index is 1200. The van der Waals surface area contributed by atoms with Crippen LogP contribution in [0, 0.1) is 6.92 Å². The van der Waals surface area contributed by atoms with Crippen LogP contribution in [0.2, 0.25) is 0 Å². The van der Waals surface area contributed by atoms with Crippen molar-refractivity contribution in [1.29, 1.82) is 0 Å².